The van der Waals surface area contributed by atoms with Crippen LogP contribution in [-0.2, 0) is 16.0 Å². The minimum Gasteiger partial charge on any atom is -0.444 e. The third-order valence-corrected chi connectivity index (χ3v) is 11.1. The molecule has 2 fully saturated rings. The standard InChI is InChI=1S/C47H54N6O4/c1-8-9-22-52(44(54)56-46(2,3)4)28-41-48-27-40(49-41)30-12-10-29(11-13-30)31-14-15-33-24-34(17-16-32(33)23-31)35-19-21-38-39(26-35)51-43(50-38)42-36-18-20-37(25-36)53(42)45(55)57-47(5,6)7/h10-17,19,21,23-24,26-27,36-37,42H,8-9,18,20,22,25,28H2,1-7H3,(H,48,49)(H,50,51)/t36-,37+,42-/m0/s1. The molecule has 10 nitrogen and oxygen atoms in total. The van der Waals surface area contributed by atoms with Crippen LogP contribution in [0, 0.1) is 5.92 Å². The van der Waals surface area contributed by atoms with Crippen molar-refractivity contribution in [3.63, 3.8) is 0 Å². The van der Waals surface area contributed by atoms with E-state index in [0.717, 1.165) is 93.7 Å². The summed E-state index contributed by atoms with van der Waals surface area (Å²) in [6, 6.07) is 28.2. The van der Waals surface area contributed by atoms with E-state index in [-0.39, 0.29) is 24.3 Å². The van der Waals surface area contributed by atoms with E-state index < -0.39 is 11.2 Å². The lowest BCUT2D eigenvalue weighted by atomic mass is 9.97. The second kappa shape index (κ2) is 15.0. The second-order valence-electron chi connectivity index (χ2n) is 17.8. The summed E-state index contributed by atoms with van der Waals surface area (Å²) >= 11 is 0. The largest absolute Gasteiger partial charge is 0.444 e. The summed E-state index contributed by atoms with van der Waals surface area (Å²) in [5, 5.41) is 2.33. The lowest BCUT2D eigenvalue weighted by molar-refractivity contribution is 0.00617. The molecule has 1 aliphatic carbocycles. The molecular weight excluding hydrogens is 713 g/mol. The molecule has 1 saturated carbocycles. The molecule has 2 amide bonds. The van der Waals surface area contributed by atoms with Crippen molar-refractivity contribution in [3.8, 4) is 33.5 Å². The number of carbonyl (C=O) groups is 2. The van der Waals surface area contributed by atoms with E-state index in [1.54, 1.807) is 4.90 Å². The zero-order valence-corrected chi connectivity index (χ0v) is 34.2. The molecule has 57 heavy (non-hydrogen) atoms. The number of unbranched alkanes of at least 4 members (excludes halogenated alkanes) is 1. The van der Waals surface area contributed by atoms with Crippen LogP contribution in [-0.4, -0.2) is 65.7 Å². The summed E-state index contributed by atoms with van der Waals surface area (Å²) in [5.41, 5.74) is 7.20. The fraction of sp³-hybridized carbons (Fsp3) is 0.404. The molecule has 3 atom stereocenters. The third-order valence-electron chi connectivity index (χ3n) is 11.1. The molecule has 2 aromatic heterocycles. The van der Waals surface area contributed by atoms with Crippen molar-refractivity contribution in [3.05, 3.63) is 96.7 Å². The lowest BCUT2D eigenvalue weighted by Crippen LogP contribution is -2.43. The number of amides is 2. The van der Waals surface area contributed by atoms with Gasteiger partial charge in [-0.1, -0.05) is 67.9 Å². The van der Waals surface area contributed by atoms with E-state index in [9.17, 15) is 9.59 Å². The molecule has 3 heterocycles. The van der Waals surface area contributed by atoms with Crippen LogP contribution in [0.1, 0.15) is 98.3 Å². The van der Waals surface area contributed by atoms with Crippen LogP contribution in [0.15, 0.2) is 85.1 Å². The van der Waals surface area contributed by atoms with E-state index >= 15 is 0 Å². The number of benzene rings is 4. The maximum Gasteiger partial charge on any atom is 0.411 e. The molecule has 0 spiro atoms. The van der Waals surface area contributed by atoms with Gasteiger partial charge in [0.25, 0.3) is 0 Å². The molecule has 1 aliphatic heterocycles. The van der Waals surface area contributed by atoms with Gasteiger partial charge in [-0.05, 0) is 136 Å². The average Bonchev–Trinajstić information content (AvgIpc) is 3.99. The molecule has 10 heteroatoms. The molecule has 6 aromatic rings. The van der Waals surface area contributed by atoms with Crippen LogP contribution < -0.4 is 0 Å². The number of aromatic nitrogens is 4. The number of hydrogen-bond acceptors (Lipinski definition) is 6. The highest BCUT2D eigenvalue weighted by atomic mass is 16.6. The van der Waals surface area contributed by atoms with Crippen molar-refractivity contribution >= 4 is 34.0 Å². The van der Waals surface area contributed by atoms with Gasteiger partial charge in [0.2, 0.25) is 0 Å². The van der Waals surface area contributed by atoms with Gasteiger partial charge in [0, 0.05) is 12.6 Å². The quantitative estimate of drug-likeness (QED) is 0.151. The van der Waals surface area contributed by atoms with Gasteiger partial charge in [0.1, 0.15) is 22.9 Å². The van der Waals surface area contributed by atoms with E-state index in [4.69, 9.17) is 14.5 Å². The van der Waals surface area contributed by atoms with Crippen molar-refractivity contribution in [2.24, 2.45) is 5.92 Å². The fourth-order valence-corrected chi connectivity index (χ4v) is 8.39. The van der Waals surface area contributed by atoms with E-state index in [1.807, 2.05) is 52.6 Å². The molecule has 296 valence electrons. The van der Waals surface area contributed by atoms with Gasteiger partial charge in [-0.3, -0.25) is 4.90 Å². The van der Waals surface area contributed by atoms with Gasteiger partial charge in [0.05, 0.1) is 35.5 Å². The van der Waals surface area contributed by atoms with Crippen LogP contribution in [0.4, 0.5) is 9.59 Å². The topological polar surface area (TPSA) is 116 Å². The second-order valence-corrected chi connectivity index (χ2v) is 17.8. The first-order valence-corrected chi connectivity index (χ1v) is 20.4. The summed E-state index contributed by atoms with van der Waals surface area (Å²) in [5.74, 6) is 1.96. The minimum atomic E-state index is -0.556. The van der Waals surface area contributed by atoms with E-state index in [2.05, 4.69) is 101 Å². The van der Waals surface area contributed by atoms with Gasteiger partial charge in [0.15, 0.2) is 0 Å². The number of hydrogen-bond donors (Lipinski definition) is 2. The van der Waals surface area contributed by atoms with Crippen LogP contribution in [0.2, 0.25) is 0 Å². The number of fused-ring (bicyclic) bond motifs is 4. The summed E-state index contributed by atoms with van der Waals surface area (Å²) in [4.78, 5) is 46.5. The highest BCUT2D eigenvalue weighted by molar-refractivity contribution is 5.92. The number of likely N-dealkylation sites (tertiary alicyclic amines) is 1. The van der Waals surface area contributed by atoms with Crippen molar-refractivity contribution in [2.45, 2.75) is 110 Å². The van der Waals surface area contributed by atoms with Gasteiger partial charge < -0.3 is 24.3 Å². The number of piperidine rings is 1. The summed E-state index contributed by atoms with van der Waals surface area (Å²) < 4.78 is 11.5. The Balaban J connectivity index is 0.964. The molecule has 2 N–H and O–H groups in total. The first kappa shape index (κ1) is 38.2. The van der Waals surface area contributed by atoms with Crippen molar-refractivity contribution < 1.29 is 19.1 Å². The first-order chi connectivity index (χ1) is 27.2. The van der Waals surface area contributed by atoms with Gasteiger partial charge >= 0.3 is 12.2 Å². The zero-order valence-electron chi connectivity index (χ0n) is 34.2. The molecule has 4 aromatic carbocycles. The van der Waals surface area contributed by atoms with Gasteiger partial charge in [-0.25, -0.2) is 19.6 Å². The Morgan fingerprint density at radius 2 is 1.42 bits per heavy atom. The number of imidazole rings is 2. The SMILES string of the molecule is CCCCN(Cc1ncc(-c2ccc(-c3ccc4cc(-c5ccc6nc([C@@H]7[C@H]8CC[C@H](C8)N7C(=O)OC(C)(C)C)[nH]c6c5)ccc4c3)cc2)[nH]1)C(=O)OC(C)(C)C. The maximum atomic E-state index is 13.3. The smallest absolute Gasteiger partial charge is 0.411 e. The van der Waals surface area contributed by atoms with Crippen molar-refractivity contribution in [2.75, 3.05) is 6.54 Å². The first-order valence-electron chi connectivity index (χ1n) is 20.4. The number of carbonyl (C=O) groups excluding carboxylic acids is 2. The lowest BCUT2D eigenvalue weighted by Gasteiger charge is -2.35. The fourth-order valence-electron chi connectivity index (χ4n) is 8.39. The Kier molecular flexibility index (Phi) is 10.1. The van der Waals surface area contributed by atoms with Gasteiger partial charge in [-0.15, -0.1) is 0 Å². The van der Waals surface area contributed by atoms with Crippen LogP contribution in [0.25, 0.3) is 55.3 Å². The number of ether oxygens (including phenoxy) is 2. The third kappa shape index (κ3) is 8.27. The van der Waals surface area contributed by atoms with Gasteiger partial charge in [-0.2, -0.15) is 0 Å². The number of aromatic amines is 2. The van der Waals surface area contributed by atoms with E-state index in [0.29, 0.717) is 19.0 Å². The molecule has 2 bridgehead atoms. The van der Waals surface area contributed by atoms with Crippen molar-refractivity contribution in [1.82, 2.24) is 29.7 Å². The number of nitrogens with zero attached hydrogens (tertiary/aromatic N) is 4. The Morgan fingerprint density at radius 1 is 0.789 bits per heavy atom. The predicted molar refractivity (Wildman–Crippen MR) is 226 cm³/mol. The monoisotopic (exact) mass is 766 g/mol. The maximum absolute atomic E-state index is 13.3. The Labute approximate surface area is 335 Å². The van der Waals surface area contributed by atoms with E-state index in [1.165, 1.54) is 5.39 Å². The normalized spacial score (nSPS) is 18.1. The molecular formula is C47H54N6O4. The highest BCUT2D eigenvalue weighted by Crippen LogP contribution is 2.50. The molecule has 8 rings (SSSR count). The van der Waals surface area contributed by atoms with Crippen LogP contribution in [0.5, 0.6) is 0 Å². The average molecular weight is 767 g/mol. The molecule has 0 unspecified atom stereocenters. The summed E-state index contributed by atoms with van der Waals surface area (Å²) in [6.07, 6.45) is 6.26. The Hall–Kier alpha value is -5.64. The predicted octanol–water partition coefficient (Wildman–Crippen LogP) is 11.4. The Morgan fingerprint density at radius 3 is 2.11 bits per heavy atom. The summed E-state index contributed by atoms with van der Waals surface area (Å²) in [6.45, 7) is 14.5. The molecule has 2 aliphatic rings. The number of H-pyrrole nitrogens is 2. The van der Waals surface area contributed by atoms with Crippen LogP contribution >= 0.6 is 0 Å². The van der Waals surface area contributed by atoms with Crippen molar-refractivity contribution in [1.29, 1.82) is 0 Å². The minimum absolute atomic E-state index is 0.0947. The molecule has 0 radical (unpaired) electrons. The Bertz CT molecular complexity index is 2420. The number of rotatable bonds is 9. The highest BCUT2D eigenvalue weighted by Gasteiger charge is 2.51. The molecule has 1 saturated heterocycles. The summed E-state index contributed by atoms with van der Waals surface area (Å²) in [7, 11) is 0. The zero-order chi connectivity index (χ0) is 40.1. The van der Waals surface area contributed by atoms with Crippen LogP contribution in [0.3, 0.4) is 0 Å². The number of nitrogens with one attached hydrogen (secondary N) is 2.